The van der Waals surface area contributed by atoms with Crippen molar-refractivity contribution in [1.29, 1.82) is 5.26 Å². The first-order chi connectivity index (χ1) is 11.1. The highest BCUT2D eigenvalue weighted by Crippen LogP contribution is 2.17. The fourth-order valence-electron chi connectivity index (χ4n) is 2.26. The molecule has 2 heterocycles. The maximum atomic E-state index is 12.1. The zero-order chi connectivity index (χ0) is 16.4. The number of aromatic amines is 1. The summed E-state index contributed by atoms with van der Waals surface area (Å²) in [6.07, 6.45) is 3.29. The molecule has 0 aliphatic carbocycles. The lowest BCUT2D eigenvalue weighted by Gasteiger charge is -2.08. The van der Waals surface area contributed by atoms with E-state index in [0.717, 1.165) is 17.1 Å². The number of aromatic nitrogens is 3. The van der Waals surface area contributed by atoms with Gasteiger partial charge in [-0.15, -0.1) is 0 Å². The first-order valence-electron chi connectivity index (χ1n) is 7.09. The normalized spacial score (nSPS) is 10.3. The number of rotatable bonds is 3. The average molecular weight is 305 g/mol. The van der Waals surface area contributed by atoms with E-state index in [1.165, 1.54) is 12.3 Å². The van der Waals surface area contributed by atoms with Gasteiger partial charge in [-0.2, -0.15) is 5.26 Å². The molecule has 0 atom stereocenters. The van der Waals surface area contributed by atoms with E-state index in [0.29, 0.717) is 16.9 Å². The van der Waals surface area contributed by atoms with Crippen molar-refractivity contribution in [2.45, 2.75) is 13.8 Å². The predicted octanol–water partition coefficient (Wildman–Crippen LogP) is 2.94. The molecule has 0 aliphatic heterocycles. The Kier molecular flexibility index (Phi) is 3.69. The van der Waals surface area contributed by atoms with Gasteiger partial charge in [0.05, 0.1) is 17.6 Å². The second-order valence-electron chi connectivity index (χ2n) is 5.20. The number of hydrogen-bond acceptors (Lipinski definition) is 3. The molecule has 6 nitrogen and oxygen atoms in total. The van der Waals surface area contributed by atoms with Crippen LogP contribution in [0.2, 0.25) is 0 Å². The molecule has 23 heavy (non-hydrogen) atoms. The average Bonchev–Trinajstić information content (AvgIpc) is 3.16. The van der Waals surface area contributed by atoms with Gasteiger partial charge in [-0.3, -0.25) is 4.79 Å². The van der Waals surface area contributed by atoms with Crippen LogP contribution in [0.15, 0.2) is 42.9 Å². The highest BCUT2D eigenvalue weighted by atomic mass is 16.1. The predicted molar refractivity (Wildman–Crippen MR) is 86.5 cm³/mol. The van der Waals surface area contributed by atoms with Gasteiger partial charge >= 0.3 is 0 Å². The molecule has 2 aromatic heterocycles. The van der Waals surface area contributed by atoms with Gasteiger partial charge in [0, 0.05) is 23.3 Å². The third-order valence-corrected chi connectivity index (χ3v) is 3.72. The van der Waals surface area contributed by atoms with Crippen molar-refractivity contribution in [2.75, 3.05) is 5.32 Å². The highest BCUT2D eigenvalue weighted by Gasteiger charge is 2.09. The quantitative estimate of drug-likeness (QED) is 0.780. The largest absolute Gasteiger partial charge is 0.352 e. The SMILES string of the molecule is Cc1ncn(-c2ccc(NC(=O)c3c[nH]c(C#N)c3)cc2)c1C. The number of nitriles is 1. The van der Waals surface area contributed by atoms with Crippen molar-refractivity contribution >= 4 is 11.6 Å². The van der Waals surface area contributed by atoms with Crippen LogP contribution in [0.25, 0.3) is 5.69 Å². The number of amides is 1. The second kappa shape index (κ2) is 5.81. The summed E-state index contributed by atoms with van der Waals surface area (Å²) < 4.78 is 1.99. The third-order valence-electron chi connectivity index (χ3n) is 3.72. The molecule has 0 saturated carbocycles. The van der Waals surface area contributed by atoms with Crippen molar-refractivity contribution < 1.29 is 4.79 Å². The van der Waals surface area contributed by atoms with Crippen molar-refractivity contribution in [3.8, 4) is 11.8 Å². The minimum Gasteiger partial charge on any atom is -0.352 e. The molecular formula is C17H15N5O. The van der Waals surface area contributed by atoms with E-state index in [4.69, 9.17) is 5.26 Å². The molecule has 0 unspecified atom stereocenters. The summed E-state index contributed by atoms with van der Waals surface area (Å²) in [4.78, 5) is 19.1. The van der Waals surface area contributed by atoms with E-state index < -0.39 is 0 Å². The Morgan fingerprint density at radius 2 is 2.04 bits per heavy atom. The lowest BCUT2D eigenvalue weighted by molar-refractivity contribution is 0.102. The summed E-state index contributed by atoms with van der Waals surface area (Å²) in [6, 6.07) is 11.0. The molecule has 0 fully saturated rings. The third kappa shape index (κ3) is 2.85. The second-order valence-corrected chi connectivity index (χ2v) is 5.20. The number of benzene rings is 1. The van der Waals surface area contributed by atoms with Crippen LogP contribution < -0.4 is 5.32 Å². The summed E-state index contributed by atoms with van der Waals surface area (Å²) in [6.45, 7) is 3.98. The Labute approximate surface area is 133 Å². The fraction of sp³-hybridized carbons (Fsp3) is 0.118. The number of carbonyl (C=O) groups excluding carboxylic acids is 1. The van der Waals surface area contributed by atoms with Gasteiger partial charge in [-0.05, 0) is 44.2 Å². The van der Waals surface area contributed by atoms with E-state index >= 15 is 0 Å². The summed E-state index contributed by atoms with van der Waals surface area (Å²) >= 11 is 0. The Bertz CT molecular complexity index is 896. The molecular weight excluding hydrogens is 290 g/mol. The summed E-state index contributed by atoms with van der Waals surface area (Å²) in [5.74, 6) is -0.259. The van der Waals surface area contributed by atoms with Crippen LogP contribution in [0.4, 0.5) is 5.69 Å². The van der Waals surface area contributed by atoms with Crippen molar-refractivity contribution in [3.05, 3.63) is 65.5 Å². The molecule has 3 aromatic rings. The number of hydrogen-bond donors (Lipinski definition) is 2. The van der Waals surface area contributed by atoms with Crippen LogP contribution in [-0.2, 0) is 0 Å². The standard InChI is InChI=1S/C17H15N5O/c1-11-12(2)22(10-20-11)16-5-3-14(4-6-16)21-17(23)13-7-15(8-18)19-9-13/h3-7,9-10,19H,1-2H3,(H,21,23). The molecule has 1 amide bonds. The molecule has 114 valence electrons. The zero-order valence-electron chi connectivity index (χ0n) is 12.8. The van der Waals surface area contributed by atoms with E-state index in [1.807, 2.05) is 48.7 Å². The number of nitrogens with one attached hydrogen (secondary N) is 2. The molecule has 0 aliphatic rings. The number of imidazole rings is 1. The van der Waals surface area contributed by atoms with Crippen LogP contribution in [0, 0.1) is 25.2 Å². The monoisotopic (exact) mass is 305 g/mol. The van der Waals surface area contributed by atoms with Crippen LogP contribution in [0.3, 0.4) is 0 Å². The summed E-state index contributed by atoms with van der Waals surface area (Å²) in [7, 11) is 0. The molecule has 0 saturated heterocycles. The number of aryl methyl sites for hydroxylation is 1. The smallest absolute Gasteiger partial charge is 0.257 e. The van der Waals surface area contributed by atoms with E-state index in [2.05, 4.69) is 15.3 Å². The van der Waals surface area contributed by atoms with Gasteiger partial charge in [0.15, 0.2) is 0 Å². The first kappa shape index (κ1) is 14.6. The minimum absolute atomic E-state index is 0.259. The van der Waals surface area contributed by atoms with Crippen LogP contribution in [0.5, 0.6) is 0 Å². The number of carbonyl (C=O) groups is 1. The van der Waals surface area contributed by atoms with Gasteiger partial charge < -0.3 is 14.9 Å². The molecule has 0 bridgehead atoms. The lowest BCUT2D eigenvalue weighted by Crippen LogP contribution is -2.10. The molecule has 3 rings (SSSR count). The summed E-state index contributed by atoms with van der Waals surface area (Å²) in [5.41, 5.74) is 4.52. The zero-order valence-corrected chi connectivity index (χ0v) is 12.8. The van der Waals surface area contributed by atoms with Gasteiger partial charge in [0.2, 0.25) is 0 Å². The van der Waals surface area contributed by atoms with E-state index in [-0.39, 0.29) is 5.91 Å². The Morgan fingerprint density at radius 3 is 2.61 bits per heavy atom. The van der Waals surface area contributed by atoms with Crippen molar-refractivity contribution in [2.24, 2.45) is 0 Å². The van der Waals surface area contributed by atoms with Crippen LogP contribution in [-0.4, -0.2) is 20.4 Å². The van der Waals surface area contributed by atoms with E-state index in [1.54, 1.807) is 6.33 Å². The van der Waals surface area contributed by atoms with Crippen LogP contribution in [0.1, 0.15) is 27.4 Å². The first-order valence-corrected chi connectivity index (χ1v) is 7.09. The van der Waals surface area contributed by atoms with Gasteiger partial charge in [-0.1, -0.05) is 0 Å². The van der Waals surface area contributed by atoms with E-state index in [9.17, 15) is 4.79 Å². The Hall–Kier alpha value is -3.33. The number of nitrogens with zero attached hydrogens (tertiary/aromatic N) is 3. The number of anilines is 1. The maximum Gasteiger partial charge on any atom is 0.257 e. The van der Waals surface area contributed by atoms with Crippen molar-refractivity contribution in [1.82, 2.24) is 14.5 Å². The number of H-pyrrole nitrogens is 1. The van der Waals surface area contributed by atoms with Crippen molar-refractivity contribution in [3.63, 3.8) is 0 Å². The summed E-state index contributed by atoms with van der Waals surface area (Å²) in [5, 5.41) is 11.6. The fourth-order valence-corrected chi connectivity index (χ4v) is 2.26. The lowest BCUT2D eigenvalue weighted by atomic mass is 10.2. The molecule has 0 spiro atoms. The van der Waals surface area contributed by atoms with Gasteiger partial charge in [-0.25, -0.2) is 4.98 Å². The highest BCUT2D eigenvalue weighted by molar-refractivity contribution is 6.04. The molecule has 0 radical (unpaired) electrons. The Balaban J connectivity index is 1.76. The molecule has 6 heteroatoms. The topological polar surface area (TPSA) is 86.5 Å². The van der Waals surface area contributed by atoms with Crippen LogP contribution >= 0.6 is 0 Å². The Morgan fingerprint density at radius 1 is 1.30 bits per heavy atom. The van der Waals surface area contributed by atoms with Gasteiger partial charge in [0.1, 0.15) is 11.8 Å². The molecule has 1 aromatic carbocycles. The van der Waals surface area contributed by atoms with Gasteiger partial charge in [0.25, 0.3) is 5.91 Å². The maximum absolute atomic E-state index is 12.1. The minimum atomic E-state index is -0.259. The molecule has 2 N–H and O–H groups in total.